The summed E-state index contributed by atoms with van der Waals surface area (Å²) in [6, 6.07) is 10.1. The maximum Gasteiger partial charge on any atom is 0.304 e. The minimum absolute atomic E-state index is 0.139. The van der Waals surface area contributed by atoms with E-state index in [1.54, 1.807) is 35.2 Å². The second-order valence-corrected chi connectivity index (χ2v) is 11.3. The number of nitrogens with zero attached hydrogens (tertiary/aromatic N) is 1. The van der Waals surface area contributed by atoms with E-state index in [0.717, 1.165) is 10.1 Å². The first-order valence-corrected chi connectivity index (χ1v) is 14.6. The van der Waals surface area contributed by atoms with Gasteiger partial charge >= 0.3 is 5.97 Å². The number of thiophene rings is 1. The Morgan fingerprint density at radius 3 is 2.61 bits per heavy atom. The summed E-state index contributed by atoms with van der Waals surface area (Å²) in [6.45, 7) is 0.699. The highest BCUT2D eigenvalue weighted by Gasteiger charge is 2.28. The van der Waals surface area contributed by atoms with Gasteiger partial charge in [-0.1, -0.05) is 29.3 Å². The van der Waals surface area contributed by atoms with Crippen molar-refractivity contribution in [1.82, 2.24) is 15.5 Å². The lowest BCUT2D eigenvalue weighted by Gasteiger charge is -2.32. The summed E-state index contributed by atoms with van der Waals surface area (Å²) in [5.41, 5.74) is 0.989. The van der Waals surface area contributed by atoms with E-state index >= 15 is 0 Å². The summed E-state index contributed by atoms with van der Waals surface area (Å²) < 4.78 is 6.02. The predicted octanol–water partition coefficient (Wildman–Crippen LogP) is 4.86. The molecule has 12 heteroatoms. The van der Waals surface area contributed by atoms with Crippen molar-refractivity contribution in [2.45, 2.75) is 25.3 Å². The number of carbonyl (C=O) groups excluding carboxylic acids is 3. The fourth-order valence-corrected chi connectivity index (χ4v) is 6.01. The summed E-state index contributed by atoms with van der Waals surface area (Å²) in [5.74, 6) is -2.68. The first kappa shape index (κ1) is 30.4. The van der Waals surface area contributed by atoms with Crippen molar-refractivity contribution in [2.75, 3.05) is 26.7 Å². The largest absolute Gasteiger partial charge is 0.497 e. The summed E-state index contributed by atoms with van der Waals surface area (Å²) in [4.78, 5) is 51.4. The number of carboxylic acids is 1. The molecule has 216 valence electrons. The van der Waals surface area contributed by atoms with Crippen LogP contribution >= 0.6 is 34.5 Å². The standard InChI is InChI=1S/C29H29Cl2N3O6S/c1-40-22-4-2-3-19(14-22)28(38)32-16-20(15-24(36)37)29(39)33-21-7-10-34(11-8-21)23(35)6-5-17-13-18-9-12-41-27(18)26(31)25(17)30/h2-6,9,12-14,20-21H,7-8,10-11,15-16H2,1H3,(H,32,38)(H,33,39)(H,36,37)/b6-5+. The molecular formula is C29H29Cl2N3O6S. The maximum atomic E-state index is 12.9. The molecular weight excluding hydrogens is 589 g/mol. The molecule has 4 rings (SSSR count). The van der Waals surface area contributed by atoms with E-state index in [0.29, 0.717) is 52.9 Å². The van der Waals surface area contributed by atoms with E-state index in [-0.39, 0.29) is 18.5 Å². The number of aliphatic carboxylic acids is 1. The zero-order valence-electron chi connectivity index (χ0n) is 22.2. The highest BCUT2D eigenvalue weighted by atomic mass is 35.5. The van der Waals surface area contributed by atoms with Gasteiger partial charge < -0.3 is 25.4 Å². The van der Waals surface area contributed by atoms with Crippen LogP contribution in [-0.4, -0.2) is 66.5 Å². The second kappa shape index (κ2) is 13.8. The Morgan fingerprint density at radius 2 is 1.90 bits per heavy atom. The number of methoxy groups -OCH3 is 1. The van der Waals surface area contributed by atoms with Gasteiger partial charge in [-0.05, 0) is 65.6 Å². The van der Waals surface area contributed by atoms with Gasteiger partial charge in [0.25, 0.3) is 5.91 Å². The van der Waals surface area contributed by atoms with Gasteiger partial charge in [0.05, 0.1) is 34.2 Å². The van der Waals surface area contributed by atoms with Crippen LogP contribution < -0.4 is 15.4 Å². The first-order valence-electron chi connectivity index (χ1n) is 12.9. The van der Waals surface area contributed by atoms with Gasteiger partial charge in [0, 0.05) is 37.3 Å². The van der Waals surface area contributed by atoms with Crippen molar-refractivity contribution in [3.8, 4) is 5.75 Å². The predicted molar refractivity (Wildman–Crippen MR) is 160 cm³/mol. The molecule has 1 aliphatic rings. The Morgan fingerprint density at radius 1 is 1.15 bits per heavy atom. The van der Waals surface area contributed by atoms with Gasteiger partial charge in [-0.25, -0.2) is 0 Å². The molecule has 0 spiro atoms. The second-order valence-electron chi connectivity index (χ2n) is 9.61. The molecule has 0 bridgehead atoms. The number of benzene rings is 2. The fraction of sp³-hybridized carbons (Fsp3) is 0.310. The molecule has 0 radical (unpaired) electrons. The van der Waals surface area contributed by atoms with Crippen LogP contribution in [0.3, 0.4) is 0 Å². The van der Waals surface area contributed by atoms with Crippen LogP contribution in [-0.2, 0) is 14.4 Å². The van der Waals surface area contributed by atoms with E-state index in [1.165, 1.54) is 24.5 Å². The zero-order chi connectivity index (χ0) is 29.5. The zero-order valence-corrected chi connectivity index (χ0v) is 24.5. The fourth-order valence-electron chi connectivity index (χ4n) is 4.57. The average Bonchev–Trinajstić information content (AvgIpc) is 3.45. The molecule has 2 aromatic carbocycles. The SMILES string of the molecule is COc1cccc(C(=O)NCC(CC(=O)O)C(=O)NC2CCN(C(=O)/C=C/c3cc4ccsc4c(Cl)c3Cl)CC2)c1. The molecule has 3 amide bonds. The molecule has 1 aliphatic heterocycles. The lowest BCUT2D eigenvalue weighted by molar-refractivity contribution is -0.141. The number of halogens is 2. The van der Waals surface area contributed by atoms with Crippen molar-refractivity contribution in [2.24, 2.45) is 5.92 Å². The lowest BCUT2D eigenvalue weighted by atomic mass is 10.0. The van der Waals surface area contributed by atoms with Crippen molar-refractivity contribution in [3.05, 3.63) is 69.0 Å². The molecule has 2 heterocycles. The molecule has 41 heavy (non-hydrogen) atoms. The van der Waals surface area contributed by atoms with Crippen molar-refractivity contribution in [1.29, 1.82) is 0 Å². The van der Waals surface area contributed by atoms with Gasteiger partial charge in [0.2, 0.25) is 11.8 Å². The Labute approximate surface area is 251 Å². The smallest absolute Gasteiger partial charge is 0.304 e. The number of nitrogens with one attached hydrogen (secondary N) is 2. The van der Waals surface area contributed by atoms with Gasteiger partial charge in [-0.3, -0.25) is 19.2 Å². The molecule has 3 aromatic rings. The monoisotopic (exact) mass is 617 g/mol. The number of carbonyl (C=O) groups is 4. The Hall–Kier alpha value is -3.60. The number of carboxylic acid groups (broad SMARTS) is 1. The summed E-state index contributed by atoms with van der Waals surface area (Å²) in [6.07, 6.45) is 3.69. The number of hydrogen-bond donors (Lipinski definition) is 3. The molecule has 9 nitrogen and oxygen atoms in total. The normalized spacial score (nSPS) is 14.7. The van der Waals surface area contributed by atoms with Crippen LogP contribution in [0.25, 0.3) is 16.2 Å². The molecule has 1 unspecified atom stereocenters. The highest BCUT2D eigenvalue weighted by Crippen LogP contribution is 2.37. The third-order valence-electron chi connectivity index (χ3n) is 6.84. The molecule has 3 N–H and O–H groups in total. The third kappa shape index (κ3) is 7.78. The number of amides is 3. The van der Waals surface area contributed by atoms with Crippen LogP contribution in [0.15, 0.2) is 47.9 Å². The topological polar surface area (TPSA) is 125 Å². The quantitative estimate of drug-likeness (QED) is 0.279. The van der Waals surface area contributed by atoms with E-state index in [1.807, 2.05) is 17.5 Å². The molecule has 0 aliphatic carbocycles. The van der Waals surface area contributed by atoms with Crippen molar-refractivity contribution >= 4 is 74.4 Å². The van der Waals surface area contributed by atoms with Crippen LogP contribution in [0.2, 0.25) is 10.0 Å². The van der Waals surface area contributed by atoms with Crippen LogP contribution in [0.5, 0.6) is 5.75 Å². The lowest BCUT2D eigenvalue weighted by Crippen LogP contribution is -2.49. The van der Waals surface area contributed by atoms with Crippen LogP contribution in [0.1, 0.15) is 35.2 Å². The van der Waals surface area contributed by atoms with Gasteiger partial charge in [0.1, 0.15) is 5.75 Å². The molecule has 1 aromatic heterocycles. The summed E-state index contributed by atoms with van der Waals surface area (Å²) in [7, 11) is 1.49. The number of fused-ring (bicyclic) bond motifs is 1. The highest BCUT2D eigenvalue weighted by molar-refractivity contribution is 7.18. The molecule has 1 fully saturated rings. The Balaban J connectivity index is 1.29. The van der Waals surface area contributed by atoms with Gasteiger partial charge in [-0.15, -0.1) is 11.3 Å². The van der Waals surface area contributed by atoms with Crippen LogP contribution in [0, 0.1) is 5.92 Å². The third-order valence-corrected chi connectivity index (χ3v) is 8.79. The molecule has 0 saturated carbocycles. The maximum absolute atomic E-state index is 12.9. The first-order chi connectivity index (χ1) is 19.7. The van der Waals surface area contributed by atoms with Crippen LogP contribution in [0.4, 0.5) is 0 Å². The van der Waals surface area contributed by atoms with Crippen molar-refractivity contribution < 1.29 is 29.0 Å². The summed E-state index contributed by atoms with van der Waals surface area (Å²) >= 11 is 14.3. The average molecular weight is 619 g/mol. The minimum Gasteiger partial charge on any atom is -0.497 e. The molecule has 1 saturated heterocycles. The van der Waals surface area contributed by atoms with Crippen molar-refractivity contribution in [3.63, 3.8) is 0 Å². The van der Waals surface area contributed by atoms with Gasteiger partial charge in [-0.2, -0.15) is 0 Å². The Kier molecular flexibility index (Phi) is 10.3. The van der Waals surface area contributed by atoms with E-state index in [4.69, 9.17) is 27.9 Å². The number of likely N-dealkylation sites (tertiary alicyclic amines) is 1. The number of ether oxygens (including phenoxy) is 1. The van der Waals surface area contributed by atoms with E-state index < -0.39 is 30.1 Å². The van der Waals surface area contributed by atoms with E-state index in [2.05, 4.69) is 10.6 Å². The van der Waals surface area contributed by atoms with Gasteiger partial charge in [0.15, 0.2) is 0 Å². The number of hydrogen-bond acceptors (Lipinski definition) is 6. The number of rotatable bonds is 10. The Bertz CT molecular complexity index is 1480. The minimum atomic E-state index is -1.15. The van der Waals surface area contributed by atoms with E-state index in [9.17, 15) is 24.3 Å². The summed E-state index contributed by atoms with van der Waals surface area (Å²) in [5, 5.41) is 18.6. The number of piperidine rings is 1. The molecule has 1 atom stereocenters.